The van der Waals surface area contributed by atoms with Gasteiger partial charge in [0.15, 0.2) is 0 Å². The second kappa shape index (κ2) is 8.46. The maximum Gasteiger partial charge on any atom is 0.265 e. The van der Waals surface area contributed by atoms with Gasteiger partial charge in [-0.1, -0.05) is 91.0 Å². The van der Waals surface area contributed by atoms with Crippen LogP contribution in [0, 0.1) is 0 Å². The molecular weight excluding hydrogens is 494 g/mol. The van der Waals surface area contributed by atoms with Crippen LogP contribution in [0.15, 0.2) is 120 Å². The number of carbonyl (C=O) groups is 1. The molecule has 7 heteroatoms. The lowest BCUT2D eigenvalue weighted by Crippen LogP contribution is -2.46. The fraction of sp³-hybridized carbons (Fsp3) is 0.0645. The molecule has 0 bridgehead atoms. The fourth-order valence-corrected chi connectivity index (χ4v) is 7.09. The van der Waals surface area contributed by atoms with Gasteiger partial charge in [-0.3, -0.25) is 14.5 Å². The summed E-state index contributed by atoms with van der Waals surface area (Å²) in [6.07, 6.45) is 2.02. The molecule has 0 unspecified atom stereocenters. The van der Waals surface area contributed by atoms with Crippen molar-refractivity contribution in [2.45, 2.75) is 10.9 Å². The number of benzene rings is 5. The van der Waals surface area contributed by atoms with E-state index in [9.17, 15) is 13.2 Å². The van der Waals surface area contributed by atoms with E-state index in [0.717, 1.165) is 33.0 Å². The van der Waals surface area contributed by atoms with Crippen molar-refractivity contribution in [3.05, 3.63) is 126 Å². The zero-order valence-electron chi connectivity index (χ0n) is 20.3. The Hall–Kier alpha value is -4.62. The molecule has 1 amide bonds. The fourth-order valence-electron chi connectivity index (χ4n) is 5.43. The molecule has 186 valence electrons. The van der Waals surface area contributed by atoms with Crippen LogP contribution in [0.5, 0.6) is 0 Å². The van der Waals surface area contributed by atoms with Crippen LogP contribution in [-0.4, -0.2) is 25.9 Å². The Morgan fingerprint density at radius 1 is 0.763 bits per heavy atom. The first kappa shape index (κ1) is 22.6. The third-order valence-corrected chi connectivity index (χ3v) is 9.08. The maximum absolute atomic E-state index is 13.9. The van der Waals surface area contributed by atoms with E-state index >= 15 is 0 Å². The molecule has 0 spiro atoms. The normalized spacial score (nSPS) is 17.6. The first-order valence-corrected chi connectivity index (χ1v) is 13.8. The molecule has 38 heavy (non-hydrogen) atoms. The standard InChI is InChI=1S/C31H23N3O3S/c35-30(20-33-27-14-6-12-23-13-7-15-29(31(23)27)38(33,36)37)34-28(22-9-2-1-3-10-22)19-26(32-34)25-17-16-21-8-4-5-11-24(21)18-25/h1-19,28,32H,20H2/t28-/m0/s1. The molecule has 5 aromatic carbocycles. The Bertz CT molecular complexity index is 1880. The summed E-state index contributed by atoms with van der Waals surface area (Å²) in [5.74, 6) is -0.348. The number of anilines is 1. The van der Waals surface area contributed by atoms with Crippen molar-refractivity contribution in [2.24, 2.45) is 0 Å². The third kappa shape index (κ3) is 3.47. The van der Waals surface area contributed by atoms with Crippen molar-refractivity contribution in [3.8, 4) is 0 Å². The molecule has 0 saturated heterocycles. The first-order chi connectivity index (χ1) is 18.5. The minimum atomic E-state index is -3.85. The van der Waals surface area contributed by atoms with E-state index in [4.69, 9.17) is 0 Å². The molecule has 0 aromatic heterocycles. The van der Waals surface area contributed by atoms with E-state index in [1.165, 1.54) is 4.31 Å². The number of rotatable bonds is 4. The smallest absolute Gasteiger partial charge is 0.265 e. The number of hydrogen-bond acceptors (Lipinski definition) is 4. The van der Waals surface area contributed by atoms with Crippen molar-refractivity contribution >= 4 is 48.9 Å². The topological polar surface area (TPSA) is 69.7 Å². The van der Waals surface area contributed by atoms with Crippen molar-refractivity contribution in [2.75, 3.05) is 10.8 Å². The highest BCUT2D eigenvalue weighted by atomic mass is 32.2. The van der Waals surface area contributed by atoms with Crippen molar-refractivity contribution in [1.82, 2.24) is 10.4 Å². The lowest BCUT2D eigenvalue weighted by molar-refractivity contribution is -0.132. The molecule has 6 nitrogen and oxygen atoms in total. The molecule has 0 saturated carbocycles. The molecule has 2 heterocycles. The van der Waals surface area contributed by atoms with Gasteiger partial charge < -0.3 is 0 Å². The highest BCUT2D eigenvalue weighted by Gasteiger charge is 2.39. The lowest BCUT2D eigenvalue weighted by Gasteiger charge is -2.28. The number of nitrogens with one attached hydrogen (secondary N) is 1. The summed E-state index contributed by atoms with van der Waals surface area (Å²) in [4.78, 5) is 14.1. The Balaban J connectivity index is 1.25. The molecule has 7 rings (SSSR count). The quantitative estimate of drug-likeness (QED) is 0.335. The molecule has 2 aliphatic heterocycles. The molecule has 2 aliphatic rings. The van der Waals surface area contributed by atoms with Crippen molar-refractivity contribution < 1.29 is 13.2 Å². The van der Waals surface area contributed by atoms with Crippen LogP contribution < -0.4 is 9.73 Å². The van der Waals surface area contributed by atoms with Gasteiger partial charge in [-0.15, -0.1) is 0 Å². The Labute approximate surface area is 220 Å². The average Bonchev–Trinajstić information content (AvgIpc) is 3.49. The minimum absolute atomic E-state index is 0.238. The Kier molecular flexibility index (Phi) is 5.03. The van der Waals surface area contributed by atoms with Crippen LogP contribution in [0.4, 0.5) is 5.69 Å². The number of hydrogen-bond donors (Lipinski definition) is 1. The SMILES string of the molecule is O=C(CN1c2cccc3cccc(c23)S1(=O)=O)N1NC(c2ccc3ccccc3c2)=C[C@H]1c1ccccc1. The van der Waals surface area contributed by atoms with Crippen molar-refractivity contribution in [3.63, 3.8) is 0 Å². The van der Waals surface area contributed by atoms with Gasteiger partial charge in [0.2, 0.25) is 0 Å². The van der Waals surface area contributed by atoms with Crippen LogP contribution in [0.2, 0.25) is 0 Å². The number of sulfonamides is 1. The van der Waals surface area contributed by atoms with Crippen LogP contribution in [0.3, 0.4) is 0 Å². The Morgan fingerprint density at radius 3 is 2.29 bits per heavy atom. The lowest BCUT2D eigenvalue weighted by atomic mass is 10.0. The second-order valence-corrected chi connectivity index (χ2v) is 11.3. The van der Waals surface area contributed by atoms with Gasteiger partial charge in [-0.2, -0.15) is 0 Å². The van der Waals surface area contributed by atoms with Gasteiger partial charge in [-0.25, -0.2) is 13.4 Å². The van der Waals surface area contributed by atoms with E-state index in [-0.39, 0.29) is 17.3 Å². The predicted molar refractivity (Wildman–Crippen MR) is 150 cm³/mol. The monoisotopic (exact) mass is 517 g/mol. The second-order valence-electron chi connectivity index (χ2n) is 9.52. The minimum Gasteiger partial charge on any atom is -0.295 e. The average molecular weight is 518 g/mol. The predicted octanol–water partition coefficient (Wildman–Crippen LogP) is 5.63. The van der Waals surface area contributed by atoms with E-state index in [2.05, 4.69) is 29.7 Å². The molecule has 1 atom stereocenters. The van der Waals surface area contributed by atoms with Gasteiger partial charge in [-0.05, 0) is 51.6 Å². The zero-order chi connectivity index (χ0) is 25.9. The summed E-state index contributed by atoms with van der Waals surface area (Å²) in [6.45, 7) is -0.314. The van der Waals surface area contributed by atoms with Gasteiger partial charge in [0.1, 0.15) is 6.54 Å². The number of fused-ring (bicyclic) bond motifs is 1. The van der Waals surface area contributed by atoms with Crippen LogP contribution in [-0.2, 0) is 14.8 Å². The molecule has 0 fully saturated rings. The van der Waals surface area contributed by atoms with Crippen LogP contribution in [0.1, 0.15) is 17.2 Å². The highest BCUT2D eigenvalue weighted by molar-refractivity contribution is 7.93. The molecule has 0 aliphatic carbocycles. The summed E-state index contributed by atoms with van der Waals surface area (Å²) in [5.41, 5.74) is 6.50. The molecule has 1 N–H and O–H groups in total. The van der Waals surface area contributed by atoms with E-state index in [0.29, 0.717) is 11.1 Å². The zero-order valence-corrected chi connectivity index (χ0v) is 21.1. The first-order valence-electron chi connectivity index (χ1n) is 12.4. The van der Waals surface area contributed by atoms with Gasteiger partial charge in [0.05, 0.1) is 22.3 Å². The van der Waals surface area contributed by atoms with Crippen LogP contribution >= 0.6 is 0 Å². The summed E-state index contributed by atoms with van der Waals surface area (Å²) in [6, 6.07) is 34.3. The number of hydrazine groups is 1. The summed E-state index contributed by atoms with van der Waals surface area (Å²) in [7, 11) is -3.85. The largest absolute Gasteiger partial charge is 0.295 e. The van der Waals surface area contributed by atoms with E-state index in [1.807, 2.05) is 72.8 Å². The van der Waals surface area contributed by atoms with E-state index in [1.54, 1.807) is 23.2 Å². The number of nitrogens with zero attached hydrogens (tertiary/aromatic N) is 2. The Morgan fingerprint density at radius 2 is 1.47 bits per heavy atom. The third-order valence-electron chi connectivity index (χ3n) is 7.27. The van der Waals surface area contributed by atoms with E-state index < -0.39 is 16.1 Å². The number of carbonyl (C=O) groups excluding carboxylic acids is 1. The molecular formula is C31H23N3O3S. The van der Waals surface area contributed by atoms with Crippen molar-refractivity contribution in [1.29, 1.82) is 0 Å². The maximum atomic E-state index is 13.9. The number of amides is 1. The molecule has 0 radical (unpaired) electrons. The highest BCUT2D eigenvalue weighted by Crippen LogP contribution is 2.42. The van der Waals surface area contributed by atoms with Gasteiger partial charge in [0, 0.05) is 5.39 Å². The van der Waals surface area contributed by atoms with Crippen LogP contribution in [0.25, 0.3) is 27.2 Å². The van der Waals surface area contributed by atoms with Gasteiger partial charge >= 0.3 is 0 Å². The summed E-state index contributed by atoms with van der Waals surface area (Å²) >= 11 is 0. The van der Waals surface area contributed by atoms with Gasteiger partial charge in [0.25, 0.3) is 15.9 Å². The molecule has 5 aromatic rings. The summed E-state index contributed by atoms with van der Waals surface area (Å²) in [5, 5.41) is 5.27. The summed E-state index contributed by atoms with van der Waals surface area (Å²) < 4.78 is 28.2.